The number of hydrogen-bond donors (Lipinski definition) is 1. The zero-order chi connectivity index (χ0) is 13.4. The lowest BCUT2D eigenvalue weighted by molar-refractivity contribution is 0.175. The highest BCUT2D eigenvalue weighted by Crippen LogP contribution is 2.74. The minimum absolute atomic E-state index is 0.593. The van der Waals surface area contributed by atoms with Gasteiger partial charge in [0.2, 0.25) is 0 Å². The van der Waals surface area contributed by atoms with Gasteiger partial charge in [-0.25, -0.2) is 0 Å². The zero-order valence-corrected chi connectivity index (χ0v) is 13.2. The lowest BCUT2D eigenvalue weighted by atomic mass is 9.72. The Balaban J connectivity index is 1.89. The minimum Gasteiger partial charge on any atom is -0.316 e. The Bertz CT molecular complexity index is 271. The van der Waals surface area contributed by atoms with Crippen molar-refractivity contribution < 1.29 is 0 Å². The summed E-state index contributed by atoms with van der Waals surface area (Å²) >= 11 is 0. The van der Waals surface area contributed by atoms with Crippen LogP contribution in [-0.4, -0.2) is 13.1 Å². The molecule has 0 radical (unpaired) electrons. The van der Waals surface area contributed by atoms with E-state index in [-0.39, 0.29) is 0 Å². The first-order chi connectivity index (χ1) is 8.45. The van der Waals surface area contributed by atoms with Gasteiger partial charge in [-0.05, 0) is 73.8 Å². The molecule has 0 bridgehead atoms. The first-order valence-electron chi connectivity index (χ1n) is 8.16. The van der Waals surface area contributed by atoms with Gasteiger partial charge in [0.1, 0.15) is 0 Å². The van der Waals surface area contributed by atoms with Gasteiger partial charge in [-0.2, -0.15) is 0 Å². The van der Waals surface area contributed by atoms with Crippen molar-refractivity contribution in [3.8, 4) is 0 Å². The van der Waals surface area contributed by atoms with E-state index in [1.165, 1.54) is 45.2 Å². The summed E-state index contributed by atoms with van der Waals surface area (Å²) in [6.45, 7) is 14.5. The van der Waals surface area contributed by atoms with Crippen LogP contribution >= 0.6 is 0 Å². The van der Waals surface area contributed by atoms with E-state index in [9.17, 15) is 0 Å². The highest BCUT2D eigenvalue weighted by atomic mass is 14.9. The first-order valence-corrected chi connectivity index (χ1v) is 8.16. The van der Waals surface area contributed by atoms with Gasteiger partial charge in [0.15, 0.2) is 0 Å². The molecule has 2 saturated carbocycles. The maximum atomic E-state index is 3.66. The van der Waals surface area contributed by atoms with Crippen LogP contribution < -0.4 is 5.32 Å². The molecule has 0 amide bonds. The van der Waals surface area contributed by atoms with Crippen LogP contribution in [0.2, 0.25) is 0 Å². The normalized spacial score (nSPS) is 38.3. The molecule has 1 unspecified atom stereocenters. The highest BCUT2D eigenvalue weighted by Gasteiger charge is 2.69. The van der Waals surface area contributed by atoms with Crippen LogP contribution in [0, 0.1) is 28.6 Å². The molecule has 106 valence electrons. The Morgan fingerprint density at radius 2 is 1.78 bits per heavy atom. The van der Waals surface area contributed by atoms with Crippen molar-refractivity contribution in [3.05, 3.63) is 0 Å². The molecular formula is C17H33N. The Labute approximate surface area is 114 Å². The smallest absolute Gasteiger partial charge is 0.000968 e. The quantitative estimate of drug-likeness (QED) is 0.711. The van der Waals surface area contributed by atoms with E-state index >= 15 is 0 Å². The van der Waals surface area contributed by atoms with Crippen LogP contribution in [-0.2, 0) is 0 Å². The van der Waals surface area contributed by atoms with Gasteiger partial charge < -0.3 is 5.32 Å². The van der Waals surface area contributed by atoms with Gasteiger partial charge in [-0.1, -0.05) is 34.6 Å². The van der Waals surface area contributed by atoms with Crippen molar-refractivity contribution in [2.24, 2.45) is 28.6 Å². The number of nitrogens with one attached hydrogen (secondary N) is 1. The molecule has 1 spiro atoms. The van der Waals surface area contributed by atoms with Gasteiger partial charge in [0, 0.05) is 0 Å². The standard InChI is InChI=1S/C17H33N/c1-6-11-18-12-15-16(4,5)17(15)9-7-14(8-10-17)13(2)3/h13-15,18H,6-12H2,1-5H3. The molecule has 2 rings (SSSR count). The van der Waals surface area contributed by atoms with Crippen LogP contribution in [0.5, 0.6) is 0 Å². The van der Waals surface area contributed by atoms with E-state index < -0.39 is 0 Å². The van der Waals surface area contributed by atoms with Gasteiger partial charge >= 0.3 is 0 Å². The second-order valence-corrected chi connectivity index (χ2v) is 7.72. The molecule has 0 aromatic rings. The third-order valence-corrected chi connectivity index (χ3v) is 6.38. The maximum absolute atomic E-state index is 3.66. The number of hydrogen-bond acceptors (Lipinski definition) is 1. The van der Waals surface area contributed by atoms with Gasteiger partial charge in [0.25, 0.3) is 0 Å². The lowest BCUT2D eigenvalue weighted by Crippen LogP contribution is -2.25. The maximum Gasteiger partial charge on any atom is -0.000968 e. The molecule has 1 atom stereocenters. The molecule has 2 fully saturated rings. The second-order valence-electron chi connectivity index (χ2n) is 7.72. The fourth-order valence-electron chi connectivity index (χ4n) is 4.75. The molecule has 1 N–H and O–H groups in total. The predicted molar refractivity (Wildman–Crippen MR) is 79.7 cm³/mol. The largest absolute Gasteiger partial charge is 0.316 e. The molecule has 0 aromatic carbocycles. The van der Waals surface area contributed by atoms with Crippen molar-refractivity contribution in [1.82, 2.24) is 5.32 Å². The van der Waals surface area contributed by atoms with Gasteiger partial charge in [0.05, 0.1) is 0 Å². The predicted octanol–water partition coefficient (Wildman–Crippen LogP) is 4.47. The molecule has 0 aliphatic heterocycles. The summed E-state index contributed by atoms with van der Waals surface area (Å²) in [4.78, 5) is 0. The van der Waals surface area contributed by atoms with Crippen LogP contribution in [0.15, 0.2) is 0 Å². The van der Waals surface area contributed by atoms with E-state index in [0.717, 1.165) is 17.8 Å². The summed E-state index contributed by atoms with van der Waals surface area (Å²) < 4.78 is 0. The Hall–Kier alpha value is -0.0400. The summed E-state index contributed by atoms with van der Waals surface area (Å²) in [6.07, 6.45) is 7.19. The van der Waals surface area contributed by atoms with Crippen LogP contribution in [0.25, 0.3) is 0 Å². The fraction of sp³-hybridized carbons (Fsp3) is 1.00. The molecule has 0 saturated heterocycles. The average molecular weight is 251 g/mol. The minimum atomic E-state index is 0.593. The molecule has 18 heavy (non-hydrogen) atoms. The van der Waals surface area contributed by atoms with Crippen molar-refractivity contribution in [1.29, 1.82) is 0 Å². The van der Waals surface area contributed by atoms with E-state index in [4.69, 9.17) is 0 Å². The third-order valence-electron chi connectivity index (χ3n) is 6.38. The molecule has 0 aromatic heterocycles. The molecular weight excluding hydrogens is 218 g/mol. The van der Waals surface area contributed by atoms with E-state index in [2.05, 4.69) is 39.9 Å². The van der Waals surface area contributed by atoms with Crippen molar-refractivity contribution in [2.75, 3.05) is 13.1 Å². The van der Waals surface area contributed by atoms with E-state index in [1.54, 1.807) is 0 Å². The molecule has 1 heteroatoms. The van der Waals surface area contributed by atoms with Gasteiger partial charge in [-0.15, -0.1) is 0 Å². The van der Waals surface area contributed by atoms with E-state index in [1.807, 2.05) is 0 Å². The molecule has 2 aliphatic carbocycles. The lowest BCUT2D eigenvalue weighted by Gasteiger charge is -2.33. The molecule has 2 aliphatic rings. The summed E-state index contributed by atoms with van der Waals surface area (Å²) in [5.74, 6) is 2.82. The average Bonchev–Trinajstić information content (AvgIpc) is 2.76. The summed E-state index contributed by atoms with van der Waals surface area (Å²) in [7, 11) is 0. The highest BCUT2D eigenvalue weighted by molar-refractivity contribution is 5.18. The number of rotatable bonds is 5. The van der Waals surface area contributed by atoms with Crippen molar-refractivity contribution >= 4 is 0 Å². The second kappa shape index (κ2) is 5.15. The molecule has 1 nitrogen and oxygen atoms in total. The SMILES string of the molecule is CCCNCC1C(C)(C)C12CCC(C(C)C)CC2. The summed E-state index contributed by atoms with van der Waals surface area (Å²) in [5, 5.41) is 3.66. The van der Waals surface area contributed by atoms with Crippen molar-refractivity contribution in [2.45, 2.75) is 66.7 Å². The van der Waals surface area contributed by atoms with Gasteiger partial charge in [-0.3, -0.25) is 0 Å². The van der Waals surface area contributed by atoms with Crippen molar-refractivity contribution in [3.63, 3.8) is 0 Å². The third kappa shape index (κ3) is 2.24. The molecule has 0 heterocycles. The van der Waals surface area contributed by atoms with Crippen LogP contribution in [0.3, 0.4) is 0 Å². The van der Waals surface area contributed by atoms with Crippen LogP contribution in [0.4, 0.5) is 0 Å². The summed E-state index contributed by atoms with van der Waals surface area (Å²) in [6, 6.07) is 0. The Morgan fingerprint density at radius 1 is 1.17 bits per heavy atom. The van der Waals surface area contributed by atoms with E-state index in [0.29, 0.717) is 10.8 Å². The van der Waals surface area contributed by atoms with Crippen LogP contribution in [0.1, 0.15) is 66.7 Å². The first kappa shape index (κ1) is 14.4. The Kier molecular flexibility index (Phi) is 4.11. The summed E-state index contributed by atoms with van der Waals surface area (Å²) in [5.41, 5.74) is 1.29. The monoisotopic (exact) mass is 251 g/mol. The topological polar surface area (TPSA) is 12.0 Å². The fourth-order valence-corrected chi connectivity index (χ4v) is 4.75. The Morgan fingerprint density at radius 3 is 2.28 bits per heavy atom. The zero-order valence-electron chi connectivity index (χ0n) is 13.2.